The van der Waals surface area contributed by atoms with Gasteiger partial charge in [0.1, 0.15) is 11.3 Å². The zero-order chi connectivity index (χ0) is 25.4. The van der Waals surface area contributed by atoms with Gasteiger partial charge in [0, 0.05) is 32.4 Å². The van der Waals surface area contributed by atoms with Crippen LogP contribution in [0.3, 0.4) is 0 Å². The van der Waals surface area contributed by atoms with Crippen molar-refractivity contribution in [3.63, 3.8) is 0 Å². The average Bonchev–Trinajstić information content (AvgIpc) is 3.35. The molecule has 1 aromatic carbocycles. The molecule has 2 saturated heterocycles. The molecule has 1 N–H and O–H groups in total. The topological polar surface area (TPSA) is 87.4 Å². The summed E-state index contributed by atoms with van der Waals surface area (Å²) in [5, 5.41) is 11.6. The molecular formula is C28H32N4O4. The maximum absolute atomic E-state index is 13.4. The van der Waals surface area contributed by atoms with Crippen LogP contribution < -0.4 is 0 Å². The lowest BCUT2D eigenvalue weighted by atomic mass is 9.94. The summed E-state index contributed by atoms with van der Waals surface area (Å²) in [6.45, 7) is 9.95. The number of amides is 1. The summed E-state index contributed by atoms with van der Waals surface area (Å²) in [5.41, 5.74) is 3.76. The molecule has 1 atom stereocenters. The summed E-state index contributed by atoms with van der Waals surface area (Å²) in [6, 6.07) is 12.8. The second kappa shape index (κ2) is 9.87. The summed E-state index contributed by atoms with van der Waals surface area (Å²) in [5.74, 6) is -1.10. The molecule has 4 heterocycles. The predicted molar refractivity (Wildman–Crippen MR) is 137 cm³/mol. The minimum atomic E-state index is -0.680. The van der Waals surface area contributed by atoms with Gasteiger partial charge in [-0.25, -0.2) is 4.98 Å². The number of aromatic nitrogens is 2. The van der Waals surface area contributed by atoms with Crippen LogP contribution >= 0.6 is 0 Å². The van der Waals surface area contributed by atoms with Crippen LogP contribution in [0.15, 0.2) is 54.2 Å². The summed E-state index contributed by atoms with van der Waals surface area (Å²) in [6.07, 6.45) is 1.80. The monoisotopic (exact) mass is 488 g/mol. The fraction of sp³-hybridized carbons (Fsp3) is 0.393. The van der Waals surface area contributed by atoms with Gasteiger partial charge >= 0.3 is 0 Å². The Morgan fingerprint density at radius 1 is 1.08 bits per heavy atom. The number of pyridine rings is 1. The van der Waals surface area contributed by atoms with E-state index in [9.17, 15) is 14.7 Å². The minimum absolute atomic E-state index is 0.105. The van der Waals surface area contributed by atoms with Crippen LogP contribution in [0.4, 0.5) is 0 Å². The van der Waals surface area contributed by atoms with E-state index in [0.717, 1.165) is 18.7 Å². The third-order valence-corrected chi connectivity index (χ3v) is 7.15. The average molecular weight is 489 g/mol. The molecule has 0 radical (unpaired) electrons. The maximum atomic E-state index is 13.4. The molecule has 2 aliphatic heterocycles. The number of nitrogens with zero attached hydrogens (tertiary/aromatic N) is 4. The van der Waals surface area contributed by atoms with Crippen molar-refractivity contribution in [3.8, 4) is 0 Å². The standard InChI is InChI=1S/C28H32N4O4/c1-18(2)20-7-9-21(10-8-20)25-23(26(33)24-19(3)29-22-6-4-5-11-31(22)24)27(34)28(35)32(25)13-12-30-14-16-36-17-15-30/h4-11,18,25,33H,12-17H2,1-3H3/t25-/m0/s1. The van der Waals surface area contributed by atoms with Crippen molar-refractivity contribution in [2.45, 2.75) is 32.7 Å². The van der Waals surface area contributed by atoms with E-state index < -0.39 is 17.7 Å². The quantitative estimate of drug-likeness (QED) is 0.325. The van der Waals surface area contributed by atoms with E-state index >= 15 is 0 Å². The first kappa shape index (κ1) is 24.2. The second-order valence-corrected chi connectivity index (χ2v) is 9.74. The number of likely N-dealkylation sites (tertiary alicyclic amines) is 1. The Kier molecular flexibility index (Phi) is 6.64. The molecule has 2 aliphatic rings. The number of carbonyl (C=O) groups is 2. The number of ether oxygens (including phenoxy) is 1. The van der Waals surface area contributed by atoms with Gasteiger partial charge in [0.05, 0.1) is 30.5 Å². The molecule has 0 bridgehead atoms. The summed E-state index contributed by atoms with van der Waals surface area (Å²) >= 11 is 0. The van der Waals surface area contributed by atoms with E-state index in [2.05, 4.69) is 23.7 Å². The Hall–Kier alpha value is -3.49. The molecule has 188 valence electrons. The van der Waals surface area contributed by atoms with Gasteiger partial charge in [-0.1, -0.05) is 44.2 Å². The van der Waals surface area contributed by atoms with Gasteiger partial charge < -0.3 is 14.7 Å². The number of fused-ring (bicyclic) bond motifs is 1. The van der Waals surface area contributed by atoms with Crippen molar-refractivity contribution in [3.05, 3.63) is 76.7 Å². The molecule has 5 rings (SSSR count). The molecule has 2 aromatic heterocycles. The lowest BCUT2D eigenvalue weighted by molar-refractivity contribution is -0.140. The highest BCUT2D eigenvalue weighted by Crippen LogP contribution is 2.40. The van der Waals surface area contributed by atoms with Gasteiger partial charge in [0.25, 0.3) is 11.7 Å². The van der Waals surface area contributed by atoms with Gasteiger partial charge in [-0.15, -0.1) is 0 Å². The number of carbonyl (C=O) groups excluding carboxylic acids is 2. The number of rotatable bonds is 6. The van der Waals surface area contributed by atoms with E-state index in [4.69, 9.17) is 4.74 Å². The molecule has 0 aliphatic carbocycles. The normalized spacial score (nSPS) is 20.7. The zero-order valence-corrected chi connectivity index (χ0v) is 21.0. The van der Waals surface area contributed by atoms with Gasteiger partial charge in [-0.2, -0.15) is 0 Å². The van der Waals surface area contributed by atoms with E-state index in [1.165, 1.54) is 5.56 Å². The molecule has 0 spiro atoms. The minimum Gasteiger partial charge on any atom is -0.505 e. The molecule has 8 heteroatoms. The number of aryl methyl sites for hydroxylation is 1. The van der Waals surface area contributed by atoms with E-state index in [1.807, 2.05) is 42.5 Å². The molecule has 8 nitrogen and oxygen atoms in total. The maximum Gasteiger partial charge on any atom is 0.295 e. The Bertz CT molecular complexity index is 1320. The molecular weight excluding hydrogens is 456 g/mol. The highest BCUT2D eigenvalue weighted by Gasteiger charge is 2.46. The SMILES string of the molecule is Cc1nc2ccccn2c1C(O)=C1C(=O)C(=O)N(CCN2CCOCC2)[C@H]1c1ccc(C(C)C)cc1. The van der Waals surface area contributed by atoms with Crippen LogP contribution in [-0.2, 0) is 14.3 Å². The Morgan fingerprint density at radius 3 is 2.50 bits per heavy atom. The molecule has 0 saturated carbocycles. The van der Waals surface area contributed by atoms with Gasteiger partial charge in [0.2, 0.25) is 0 Å². The molecule has 3 aromatic rings. The van der Waals surface area contributed by atoms with Gasteiger partial charge in [0.15, 0.2) is 5.76 Å². The number of aliphatic hydroxyl groups is 1. The highest BCUT2D eigenvalue weighted by atomic mass is 16.5. The third kappa shape index (κ3) is 4.31. The zero-order valence-electron chi connectivity index (χ0n) is 21.0. The van der Waals surface area contributed by atoms with Crippen LogP contribution in [-0.4, -0.2) is 75.4 Å². The number of hydrogen-bond acceptors (Lipinski definition) is 6. The van der Waals surface area contributed by atoms with Crippen LogP contribution in [0, 0.1) is 6.92 Å². The summed E-state index contributed by atoms with van der Waals surface area (Å²) in [4.78, 5) is 35.1. The molecule has 0 unspecified atom stereocenters. The number of Topliss-reactive ketones (excluding diaryl/α,β-unsaturated/α-hetero) is 1. The first-order valence-electron chi connectivity index (χ1n) is 12.5. The van der Waals surface area contributed by atoms with Crippen molar-refractivity contribution in [1.82, 2.24) is 19.2 Å². The van der Waals surface area contributed by atoms with Crippen LogP contribution in [0.25, 0.3) is 11.4 Å². The fourth-order valence-electron chi connectivity index (χ4n) is 5.12. The number of ketones is 1. The highest BCUT2D eigenvalue weighted by molar-refractivity contribution is 6.46. The molecule has 1 amide bonds. The first-order valence-corrected chi connectivity index (χ1v) is 12.5. The van der Waals surface area contributed by atoms with Gasteiger partial charge in [-0.3, -0.25) is 18.9 Å². The van der Waals surface area contributed by atoms with Crippen molar-refractivity contribution >= 4 is 23.1 Å². The number of hydrogen-bond donors (Lipinski definition) is 1. The fourth-order valence-corrected chi connectivity index (χ4v) is 5.12. The van der Waals surface area contributed by atoms with Crippen molar-refractivity contribution in [2.75, 3.05) is 39.4 Å². The van der Waals surface area contributed by atoms with E-state index in [0.29, 0.717) is 49.3 Å². The number of morpholine rings is 1. The Labute approximate surface area is 210 Å². The molecule has 36 heavy (non-hydrogen) atoms. The molecule has 2 fully saturated rings. The number of aliphatic hydroxyl groups excluding tert-OH is 1. The summed E-state index contributed by atoms with van der Waals surface area (Å²) in [7, 11) is 0. The van der Waals surface area contributed by atoms with Crippen molar-refractivity contribution < 1.29 is 19.4 Å². The lowest BCUT2D eigenvalue weighted by Gasteiger charge is -2.31. The Morgan fingerprint density at radius 2 is 1.81 bits per heavy atom. The first-order chi connectivity index (χ1) is 17.4. The van der Waals surface area contributed by atoms with Crippen molar-refractivity contribution in [1.29, 1.82) is 0 Å². The summed E-state index contributed by atoms with van der Waals surface area (Å²) < 4.78 is 7.20. The smallest absolute Gasteiger partial charge is 0.295 e. The van der Waals surface area contributed by atoms with Crippen molar-refractivity contribution in [2.24, 2.45) is 0 Å². The van der Waals surface area contributed by atoms with Crippen LogP contribution in [0.1, 0.15) is 48.3 Å². The van der Waals surface area contributed by atoms with E-state index in [1.54, 1.807) is 22.4 Å². The number of imidazole rings is 1. The third-order valence-electron chi connectivity index (χ3n) is 7.15. The lowest BCUT2D eigenvalue weighted by Crippen LogP contribution is -2.42. The predicted octanol–water partition coefficient (Wildman–Crippen LogP) is 3.52. The number of benzene rings is 1. The largest absolute Gasteiger partial charge is 0.505 e. The van der Waals surface area contributed by atoms with Crippen LogP contribution in [0.5, 0.6) is 0 Å². The second-order valence-electron chi connectivity index (χ2n) is 9.74. The Balaban J connectivity index is 1.60. The van der Waals surface area contributed by atoms with E-state index in [-0.39, 0.29) is 11.3 Å². The van der Waals surface area contributed by atoms with Gasteiger partial charge in [-0.05, 0) is 36.1 Å². The van der Waals surface area contributed by atoms with Crippen LogP contribution in [0.2, 0.25) is 0 Å².